The van der Waals surface area contributed by atoms with Crippen molar-refractivity contribution in [1.82, 2.24) is 19.7 Å². The van der Waals surface area contributed by atoms with Crippen LogP contribution in [0.5, 0.6) is 0 Å². The molecule has 0 bridgehead atoms. The van der Waals surface area contributed by atoms with Crippen LogP contribution in [0, 0.1) is 0 Å². The monoisotopic (exact) mass is 414 g/mol. The molecular formula is C21H23ClN4O3. The summed E-state index contributed by atoms with van der Waals surface area (Å²) in [5.41, 5.74) is 1.67. The lowest BCUT2D eigenvalue weighted by Gasteiger charge is -2.09. The van der Waals surface area contributed by atoms with Crippen LogP contribution >= 0.6 is 11.6 Å². The van der Waals surface area contributed by atoms with Crippen molar-refractivity contribution in [1.29, 1.82) is 0 Å². The SMILES string of the molecule is CC(C)NC(=O)Cc1nn(-c2ccc(CCO)cc2)c(=O)n1-c1cccc(Cl)c1. The summed E-state index contributed by atoms with van der Waals surface area (Å²) in [4.78, 5) is 25.5. The average molecular weight is 415 g/mol. The normalized spacial score (nSPS) is 11.1. The van der Waals surface area contributed by atoms with Gasteiger partial charge in [0.15, 0.2) is 0 Å². The highest BCUT2D eigenvalue weighted by atomic mass is 35.5. The van der Waals surface area contributed by atoms with Crippen molar-refractivity contribution in [3.63, 3.8) is 0 Å². The predicted molar refractivity (Wildman–Crippen MR) is 112 cm³/mol. The minimum absolute atomic E-state index is 0.0185. The Morgan fingerprint density at radius 1 is 1.17 bits per heavy atom. The number of aliphatic hydroxyl groups excluding tert-OH is 1. The van der Waals surface area contributed by atoms with Crippen LogP contribution in [0.4, 0.5) is 0 Å². The van der Waals surface area contributed by atoms with E-state index in [4.69, 9.17) is 16.7 Å². The molecular weight excluding hydrogens is 392 g/mol. The van der Waals surface area contributed by atoms with Crippen LogP contribution in [0.25, 0.3) is 11.4 Å². The van der Waals surface area contributed by atoms with E-state index in [0.29, 0.717) is 28.6 Å². The van der Waals surface area contributed by atoms with Crippen LogP contribution in [-0.2, 0) is 17.6 Å². The van der Waals surface area contributed by atoms with Gasteiger partial charge in [0.05, 0.1) is 17.8 Å². The highest BCUT2D eigenvalue weighted by Gasteiger charge is 2.19. The lowest BCUT2D eigenvalue weighted by molar-refractivity contribution is -0.121. The molecule has 0 saturated heterocycles. The molecule has 29 heavy (non-hydrogen) atoms. The molecule has 0 aliphatic carbocycles. The number of amides is 1. The van der Waals surface area contributed by atoms with Crippen molar-refractivity contribution in [2.24, 2.45) is 0 Å². The summed E-state index contributed by atoms with van der Waals surface area (Å²) in [6.45, 7) is 3.79. The summed E-state index contributed by atoms with van der Waals surface area (Å²) in [6, 6.07) is 14.0. The smallest absolute Gasteiger partial charge is 0.355 e. The van der Waals surface area contributed by atoms with Crippen molar-refractivity contribution >= 4 is 17.5 Å². The molecule has 3 rings (SSSR count). The van der Waals surface area contributed by atoms with Gasteiger partial charge >= 0.3 is 5.69 Å². The third-order valence-corrected chi connectivity index (χ3v) is 4.50. The second-order valence-corrected chi connectivity index (χ2v) is 7.40. The van der Waals surface area contributed by atoms with Gasteiger partial charge in [0, 0.05) is 17.7 Å². The molecule has 0 aliphatic rings. The van der Waals surface area contributed by atoms with Crippen LogP contribution in [0.15, 0.2) is 53.3 Å². The first-order valence-corrected chi connectivity index (χ1v) is 9.73. The fourth-order valence-electron chi connectivity index (χ4n) is 3.01. The summed E-state index contributed by atoms with van der Waals surface area (Å²) in [6.07, 6.45) is 0.488. The van der Waals surface area contributed by atoms with E-state index in [0.717, 1.165) is 5.56 Å². The third-order valence-electron chi connectivity index (χ3n) is 4.26. The topological polar surface area (TPSA) is 89.2 Å². The Morgan fingerprint density at radius 2 is 1.90 bits per heavy atom. The van der Waals surface area contributed by atoms with Gasteiger partial charge in [0.25, 0.3) is 0 Å². The number of hydrogen-bond acceptors (Lipinski definition) is 4. The molecule has 0 unspecified atom stereocenters. The Labute approximate surface area is 173 Å². The number of nitrogens with zero attached hydrogens (tertiary/aromatic N) is 3. The van der Waals surface area contributed by atoms with E-state index in [1.165, 1.54) is 9.25 Å². The van der Waals surface area contributed by atoms with Gasteiger partial charge < -0.3 is 10.4 Å². The van der Waals surface area contributed by atoms with Crippen LogP contribution in [-0.4, -0.2) is 38.0 Å². The molecule has 0 radical (unpaired) electrons. The van der Waals surface area contributed by atoms with Crippen molar-refractivity contribution in [2.75, 3.05) is 6.61 Å². The molecule has 0 saturated carbocycles. The summed E-state index contributed by atoms with van der Waals surface area (Å²) < 4.78 is 2.66. The lowest BCUT2D eigenvalue weighted by atomic mass is 10.1. The van der Waals surface area contributed by atoms with Crippen molar-refractivity contribution < 1.29 is 9.90 Å². The summed E-state index contributed by atoms with van der Waals surface area (Å²) in [7, 11) is 0. The van der Waals surface area contributed by atoms with Crippen LogP contribution in [0.1, 0.15) is 25.2 Å². The Hall–Kier alpha value is -2.90. The molecule has 1 amide bonds. The van der Waals surface area contributed by atoms with Gasteiger partial charge in [-0.3, -0.25) is 4.79 Å². The first-order valence-electron chi connectivity index (χ1n) is 9.35. The quantitative estimate of drug-likeness (QED) is 0.620. The third kappa shape index (κ3) is 4.93. The fourth-order valence-corrected chi connectivity index (χ4v) is 3.20. The maximum Gasteiger partial charge on any atom is 0.355 e. The summed E-state index contributed by atoms with van der Waals surface area (Å²) in [5, 5.41) is 16.8. The van der Waals surface area contributed by atoms with Crippen LogP contribution in [0.3, 0.4) is 0 Å². The number of aromatic nitrogens is 3. The van der Waals surface area contributed by atoms with E-state index in [1.54, 1.807) is 36.4 Å². The molecule has 3 aromatic rings. The molecule has 0 spiro atoms. The number of carbonyl (C=O) groups excluding carboxylic acids is 1. The second-order valence-electron chi connectivity index (χ2n) is 6.96. The largest absolute Gasteiger partial charge is 0.396 e. The number of carbonyl (C=O) groups is 1. The van der Waals surface area contributed by atoms with E-state index in [1.807, 2.05) is 26.0 Å². The molecule has 2 N–H and O–H groups in total. The zero-order valence-electron chi connectivity index (χ0n) is 16.3. The highest BCUT2D eigenvalue weighted by Crippen LogP contribution is 2.16. The molecule has 7 nitrogen and oxygen atoms in total. The molecule has 0 atom stereocenters. The van der Waals surface area contributed by atoms with Crippen molar-refractivity contribution in [2.45, 2.75) is 32.7 Å². The van der Waals surface area contributed by atoms with Gasteiger partial charge in [-0.1, -0.05) is 29.8 Å². The first-order chi connectivity index (χ1) is 13.9. The standard InChI is InChI=1S/C21H23ClN4O3/c1-14(2)23-20(28)13-19-24-26(17-8-6-15(7-9-17)10-11-27)21(29)25(19)18-5-3-4-16(22)12-18/h3-9,12,14,27H,10-11,13H2,1-2H3,(H,23,28). The fraction of sp³-hybridized carbons (Fsp3) is 0.286. The van der Waals surface area contributed by atoms with E-state index in [9.17, 15) is 9.59 Å². The van der Waals surface area contributed by atoms with Crippen LogP contribution < -0.4 is 11.0 Å². The van der Waals surface area contributed by atoms with E-state index in [-0.39, 0.29) is 25.0 Å². The molecule has 152 valence electrons. The number of aliphatic hydroxyl groups is 1. The molecule has 1 aromatic heterocycles. The van der Waals surface area contributed by atoms with Gasteiger partial charge in [-0.25, -0.2) is 9.36 Å². The second kappa shape index (κ2) is 9.07. The van der Waals surface area contributed by atoms with Gasteiger partial charge in [-0.2, -0.15) is 4.68 Å². The zero-order chi connectivity index (χ0) is 21.0. The number of nitrogens with one attached hydrogen (secondary N) is 1. The minimum atomic E-state index is -0.394. The molecule has 2 aromatic carbocycles. The maximum atomic E-state index is 13.2. The Kier molecular flexibility index (Phi) is 6.51. The van der Waals surface area contributed by atoms with E-state index in [2.05, 4.69) is 10.4 Å². The Morgan fingerprint density at radius 3 is 2.52 bits per heavy atom. The highest BCUT2D eigenvalue weighted by molar-refractivity contribution is 6.30. The first kappa shape index (κ1) is 20.8. The molecule has 0 fully saturated rings. The summed E-state index contributed by atoms with van der Waals surface area (Å²) in [5.74, 6) is 0.0913. The van der Waals surface area contributed by atoms with Gasteiger partial charge in [-0.15, -0.1) is 5.10 Å². The van der Waals surface area contributed by atoms with Crippen LogP contribution in [0.2, 0.25) is 5.02 Å². The molecule has 0 aliphatic heterocycles. The van der Waals surface area contributed by atoms with E-state index >= 15 is 0 Å². The maximum absolute atomic E-state index is 13.2. The number of rotatable bonds is 7. The molecule has 8 heteroatoms. The van der Waals surface area contributed by atoms with Gasteiger partial charge in [0.2, 0.25) is 5.91 Å². The minimum Gasteiger partial charge on any atom is -0.396 e. The number of hydrogen-bond donors (Lipinski definition) is 2. The Balaban J connectivity index is 2.07. The predicted octanol–water partition coefficient (Wildman–Crippen LogP) is 2.28. The average Bonchev–Trinajstić information content (AvgIpc) is 2.98. The Bertz CT molecular complexity index is 1050. The summed E-state index contributed by atoms with van der Waals surface area (Å²) >= 11 is 6.10. The molecule has 1 heterocycles. The van der Waals surface area contributed by atoms with Crippen molar-refractivity contribution in [3.05, 3.63) is 75.4 Å². The van der Waals surface area contributed by atoms with Gasteiger partial charge in [-0.05, 0) is 56.2 Å². The number of benzene rings is 2. The lowest BCUT2D eigenvalue weighted by Crippen LogP contribution is -2.32. The van der Waals surface area contributed by atoms with Crippen molar-refractivity contribution in [3.8, 4) is 11.4 Å². The number of halogens is 1. The van der Waals surface area contributed by atoms with Gasteiger partial charge in [0.1, 0.15) is 5.82 Å². The van der Waals surface area contributed by atoms with E-state index < -0.39 is 5.69 Å². The zero-order valence-corrected chi connectivity index (χ0v) is 17.1.